The van der Waals surface area contributed by atoms with E-state index in [4.69, 9.17) is 4.74 Å². The number of nitrogens with one attached hydrogen (secondary N) is 1. The molecule has 24 heavy (non-hydrogen) atoms. The van der Waals surface area contributed by atoms with Gasteiger partial charge in [0.25, 0.3) is 0 Å². The van der Waals surface area contributed by atoms with Gasteiger partial charge in [0.15, 0.2) is 0 Å². The number of nitrogens with zero attached hydrogens (tertiary/aromatic N) is 1. The predicted molar refractivity (Wildman–Crippen MR) is 90.5 cm³/mol. The maximum Gasteiger partial charge on any atom is 0.341 e. The van der Waals surface area contributed by atoms with Crippen molar-refractivity contribution in [1.82, 2.24) is 4.90 Å². The van der Waals surface area contributed by atoms with Crippen molar-refractivity contribution in [3.63, 3.8) is 0 Å². The third-order valence-electron chi connectivity index (χ3n) is 3.97. The lowest BCUT2D eigenvalue weighted by Crippen LogP contribution is -2.47. The van der Waals surface area contributed by atoms with Gasteiger partial charge < -0.3 is 14.7 Å². The minimum Gasteiger partial charge on any atom is -0.481 e. The summed E-state index contributed by atoms with van der Waals surface area (Å²) in [6.45, 7) is 6.35. The van der Waals surface area contributed by atoms with E-state index in [-0.39, 0.29) is 25.1 Å². The second-order valence-electron chi connectivity index (χ2n) is 6.05. The average molecular weight is 354 g/mol. The number of aryl methyl sites for hydroxylation is 1. The van der Waals surface area contributed by atoms with Crippen molar-refractivity contribution in [1.29, 1.82) is 0 Å². The van der Waals surface area contributed by atoms with Gasteiger partial charge >= 0.3 is 18.0 Å². The van der Waals surface area contributed by atoms with Gasteiger partial charge in [-0.3, -0.25) is 10.1 Å². The smallest absolute Gasteiger partial charge is 0.341 e. The Morgan fingerprint density at radius 3 is 2.75 bits per heavy atom. The summed E-state index contributed by atoms with van der Waals surface area (Å²) in [5, 5.41) is 14.1. The first-order valence-corrected chi connectivity index (χ1v) is 8.75. The van der Waals surface area contributed by atoms with Gasteiger partial charge in [0.2, 0.25) is 0 Å². The van der Waals surface area contributed by atoms with Gasteiger partial charge in [0.05, 0.1) is 18.1 Å². The lowest BCUT2D eigenvalue weighted by Gasteiger charge is -2.34. The number of ether oxygens (including phenoxy) is 1. The number of hydrogen-bond acceptors (Lipinski definition) is 5. The largest absolute Gasteiger partial charge is 0.481 e. The highest BCUT2D eigenvalue weighted by atomic mass is 32.1. The van der Waals surface area contributed by atoms with Crippen LogP contribution in [0.25, 0.3) is 0 Å². The van der Waals surface area contributed by atoms with Crippen molar-refractivity contribution in [3.05, 3.63) is 16.5 Å². The van der Waals surface area contributed by atoms with Crippen LogP contribution in [0.5, 0.6) is 0 Å². The van der Waals surface area contributed by atoms with Crippen LogP contribution < -0.4 is 5.32 Å². The number of urea groups is 1. The van der Waals surface area contributed by atoms with Gasteiger partial charge in [-0.25, -0.2) is 9.59 Å². The van der Waals surface area contributed by atoms with E-state index in [2.05, 4.69) is 5.32 Å². The summed E-state index contributed by atoms with van der Waals surface area (Å²) in [5.74, 6) is -1.81. The molecule has 0 saturated carbocycles. The molecule has 8 heteroatoms. The van der Waals surface area contributed by atoms with Crippen LogP contribution in [0.2, 0.25) is 0 Å². The molecule has 2 rings (SSSR count). The quantitative estimate of drug-likeness (QED) is 0.811. The number of carbonyl (C=O) groups excluding carboxylic acids is 2. The molecule has 2 unspecified atom stereocenters. The lowest BCUT2D eigenvalue weighted by atomic mass is 9.91. The zero-order chi connectivity index (χ0) is 17.9. The Kier molecular flexibility index (Phi) is 5.82. The third kappa shape index (κ3) is 4.05. The molecular formula is C16H22N2O5S. The Balaban J connectivity index is 2.12. The van der Waals surface area contributed by atoms with Crippen LogP contribution in [0.3, 0.4) is 0 Å². The Hall–Kier alpha value is -2.09. The number of piperidine rings is 1. The molecule has 1 saturated heterocycles. The summed E-state index contributed by atoms with van der Waals surface area (Å²) in [7, 11) is 0. The van der Waals surface area contributed by atoms with Crippen molar-refractivity contribution < 1.29 is 24.2 Å². The van der Waals surface area contributed by atoms with E-state index in [1.54, 1.807) is 19.2 Å². The molecule has 0 aliphatic carbocycles. The van der Waals surface area contributed by atoms with Crippen molar-refractivity contribution in [2.45, 2.75) is 27.2 Å². The molecule has 1 fully saturated rings. The first-order valence-electron chi connectivity index (χ1n) is 7.87. The number of amides is 2. The minimum atomic E-state index is -0.890. The zero-order valence-corrected chi connectivity index (χ0v) is 14.8. The van der Waals surface area contributed by atoms with Crippen LogP contribution in [0, 0.1) is 18.8 Å². The number of aliphatic carboxylic acids is 1. The standard InChI is InChI=1S/C16H22N2O5S/c1-4-23-15(21)12-10(3)8-24-13(12)17-16(22)18-6-9(2)5-11(7-18)14(19)20/h8-9,11H,4-7H2,1-3H3,(H,17,22)(H,19,20). The maximum absolute atomic E-state index is 12.5. The molecule has 0 aromatic carbocycles. The molecule has 0 spiro atoms. The van der Waals surface area contributed by atoms with Gasteiger partial charge in [-0.15, -0.1) is 11.3 Å². The molecule has 2 N–H and O–H groups in total. The number of likely N-dealkylation sites (tertiary alicyclic amines) is 1. The normalized spacial score (nSPS) is 20.5. The summed E-state index contributed by atoms with van der Waals surface area (Å²) in [5.41, 5.74) is 1.10. The topological polar surface area (TPSA) is 95.9 Å². The van der Waals surface area contributed by atoms with E-state index >= 15 is 0 Å². The molecule has 2 heterocycles. The van der Waals surface area contributed by atoms with E-state index in [0.29, 0.717) is 23.5 Å². The third-order valence-corrected chi connectivity index (χ3v) is 4.98. The van der Waals surface area contributed by atoms with Gasteiger partial charge in [-0.1, -0.05) is 6.92 Å². The van der Waals surface area contributed by atoms with Gasteiger partial charge in [-0.05, 0) is 37.1 Å². The summed E-state index contributed by atoms with van der Waals surface area (Å²) in [6, 6.07) is -0.389. The molecule has 1 aromatic rings. The van der Waals surface area contributed by atoms with Gasteiger partial charge in [0.1, 0.15) is 5.00 Å². The van der Waals surface area contributed by atoms with Crippen LogP contribution in [-0.2, 0) is 9.53 Å². The summed E-state index contributed by atoms with van der Waals surface area (Å²) >= 11 is 1.25. The Morgan fingerprint density at radius 2 is 2.12 bits per heavy atom. The summed E-state index contributed by atoms with van der Waals surface area (Å²) in [6.07, 6.45) is 0.561. The monoisotopic (exact) mass is 354 g/mol. The van der Waals surface area contributed by atoms with Crippen LogP contribution in [0.15, 0.2) is 5.38 Å². The number of rotatable bonds is 4. The van der Waals surface area contributed by atoms with E-state index in [0.717, 1.165) is 5.56 Å². The number of anilines is 1. The van der Waals surface area contributed by atoms with Crippen LogP contribution in [0.1, 0.15) is 36.2 Å². The fourth-order valence-corrected chi connectivity index (χ4v) is 3.79. The molecule has 1 aliphatic heterocycles. The SMILES string of the molecule is CCOC(=O)c1c(C)csc1NC(=O)N1CC(C)CC(C(=O)O)C1. The first-order chi connectivity index (χ1) is 11.3. The first kappa shape index (κ1) is 18.3. The molecule has 132 valence electrons. The molecule has 0 radical (unpaired) electrons. The van der Waals surface area contributed by atoms with E-state index in [1.807, 2.05) is 6.92 Å². The number of hydrogen-bond donors (Lipinski definition) is 2. The lowest BCUT2D eigenvalue weighted by molar-refractivity contribution is -0.143. The van der Waals surface area contributed by atoms with Crippen LogP contribution >= 0.6 is 11.3 Å². The van der Waals surface area contributed by atoms with Crippen LogP contribution in [-0.4, -0.2) is 47.7 Å². The highest BCUT2D eigenvalue weighted by Crippen LogP contribution is 2.29. The number of carbonyl (C=O) groups is 3. The Labute approximate surface area is 144 Å². The molecule has 1 aromatic heterocycles. The van der Waals surface area contributed by atoms with Crippen molar-refractivity contribution in [2.75, 3.05) is 25.0 Å². The van der Waals surface area contributed by atoms with Gasteiger partial charge in [0, 0.05) is 13.1 Å². The predicted octanol–water partition coefficient (Wildman–Crippen LogP) is 2.81. The molecular weight excluding hydrogens is 332 g/mol. The van der Waals surface area contributed by atoms with Gasteiger partial charge in [-0.2, -0.15) is 0 Å². The molecule has 2 atom stereocenters. The van der Waals surface area contributed by atoms with E-state index in [9.17, 15) is 19.5 Å². The Bertz CT molecular complexity index is 642. The average Bonchev–Trinajstić information content (AvgIpc) is 2.87. The number of esters is 1. The Morgan fingerprint density at radius 1 is 1.42 bits per heavy atom. The molecule has 0 bridgehead atoms. The minimum absolute atomic E-state index is 0.111. The van der Waals surface area contributed by atoms with Crippen LogP contribution in [0.4, 0.5) is 9.80 Å². The summed E-state index contributed by atoms with van der Waals surface area (Å²) < 4.78 is 5.03. The number of thiophene rings is 1. The highest BCUT2D eigenvalue weighted by Gasteiger charge is 2.32. The van der Waals surface area contributed by atoms with Crippen molar-refractivity contribution in [2.24, 2.45) is 11.8 Å². The number of carboxylic acid groups (broad SMARTS) is 1. The number of carboxylic acids is 1. The van der Waals surface area contributed by atoms with E-state index in [1.165, 1.54) is 16.2 Å². The van der Waals surface area contributed by atoms with Crippen molar-refractivity contribution >= 4 is 34.3 Å². The fraction of sp³-hybridized carbons (Fsp3) is 0.562. The molecule has 2 amide bonds. The van der Waals surface area contributed by atoms with E-state index < -0.39 is 17.9 Å². The maximum atomic E-state index is 12.5. The fourth-order valence-electron chi connectivity index (χ4n) is 2.87. The zero-order valence-electron chi connectivity index (χ0n) is 14.0. The molecule has 7 nitrogen and oxygen atoms in total. The summed E-state index contributed by atoms with van der Waals surface area (Å²) in [4.78, 5) is 37.3. The second kappa shape index (κ2) is 7.65. The second-order valence-corrected chi connectivity index (χ2v) is 6.93. The van der Waals surface area contributed by atoms with Crippen molar-refractivity contribution in [3.8, 4) is 0 Å². The molecule has 1 aliphatic rings. The highest BCUT2D eigenvalue weighted by molar-refractivity contribution is 7.15.